The fraction of sp³-hybridized carbons (Fsp3) is 0.250. The minimum Gasteiger partial charge on any atom is -0.497 e. The molecule has 27 heavy (non-hydrogen) atoms. The highest BCUT2D eigenvalue weighted by atomic mass is 32.2. The molecule has 0 aliphatic heterocycles. The predicted molar refractivity (Wildman–Crippen MR) is 106 cm³/mol. The maximum absolute atomic E-state index is 11.4. The van der Waals surface area contributed by atoms with Gasteiger partial charge in [-0.1, -0.05) is 11.8 Å². The summed E-state index contributed by atoms with van der Waals surface area (Å²) < 4.78 is 12.7. The van der Waals surface area contributed by atoms with Crippen molar-refractivity contribution < 1.29 is 14.3 Å². The smallest absolute Gasteiger partial charge is 0.196 e. The number of aromatic nitrogens is 3. The number of benzene rings is 2. The van der Waals surface area contributed by atoms with Gasteiger partial charge in [0.05, 0.1) is 19.5 Å². The Morgan fingerprint density at radius 3 is 2.30 bits per heavy atom. The summed E-state index contributed by atoms with van der Waals surface area (Å²) in [5.41, 5.74) is 1.81. The molecule has 1 heterocycles. The lowest BCUT2D eigenvalue weighted by Gasteiger charge is -2.11. The SMILES string of the molecule is CCOc1ccc(-n2c(SCC(C)=O)nnc2-c2ccc(OC)cc2)cc1. The topological polar surface area (TPSA) is 66.2 Å². The molecule has 3 rings (SSSR count). The van der Waals surface area contributed by atoms with Gasteiger partial charge >= 0.3 is 0 Å². The van der Waals surface area contributed by atoms with Crippen molar-refractivity contribution in [2.45, 2.75) is 19.0 Å². The van der Waals surface area contributed by atoms with E-state index in [1.807, 2.05) is 60.0 Å². The quantitative estimate of drug-likeness (QED) is 0.547. The summed E-state index contributed by atoms with van der Waals surface area (Å²) in [6.07, 6.45) is 0. The fourth-order valence-corrected chi connectivity index (χ4v) is 3.30. The second kappa shape index (κ2) is 8.73. The molecule has 6 nitrogen and oxygen atoms in total. The van der Waals surface area contributed by atoms with Crippen LogP contribution in [0.15, 0.2) is 53.7 Å². The van der Waals surface area contributed by atoms with Crippen LogP contribution in [0.5, 0.6) is 11.5 Å². The summed E-state index contributed by atoms with van der Waals surface area (Å²) in [4.78, 5) is 11.4. The summed E-state index contributed by atoms with van der Waals surface area (Å²) in [5, 5.41) is 9.33. The number of nitrogens with zero attached hydrogens (tertiary/aromatic N) is 3. The first-order valence-corrected chi connectivity index (χ1v) is 9.56. The molecule has 0 unspecified atom stereocenters. The minimum atomic E-state index is 0.0900. The van der Waals surface area contributed by atoms with Gasteiger partial charge in [0.2, 0.25) is 0 Å². The molecule has 0 fully saturated rings. The molecule has 140 valence electrons. The molecule has 0 bridgehead atoms. The number of rotatable bonds is 8. The van der Waals surface area contributed by atoms with Crippen LogP contribution in [0.4, 0.5) is 0 Å². The highest BCUT2D eigenvalue weighted by Crippen LogP contribution is 2.29. The van der Waals surface area contributed by atoms with Crippen LogP contribution in [-0.2, 0) is 4.79 Å². The van der Waals surface area contributed by atoms with E-state index in [0.717, 1.165) is 22.7 Å². The summed E-state index contributed by atoms with van der Waals surface area (Å²) in [5.74, 6) is 2.72. The van der Waals surface area contributed by atoms with E-state index in [0.29, 0.717) is 23.3 Å². The molecule has 0 aliphatic rings. The number of ether oxygens (including phenoxy) is 2. The van der Waals surface area contributed by atoms with Crippen molar-refractivity contribution in [2.75, 3.05) is 19.5 Å². The van der Waals surface area contributed by atoms with E-state index in [2.05, 4.69) is 10.2 Å². The predicted octanol–water partition coefficient (Wildman–Crippen LogP) is 4.02. The third-order valence-electron chi connectivity index (χ3n) is 3.79. The molecule has 3 aromatic rings. The maximum Gasteiger partial charge on any atom is 0.196 e. The van der Waals surface area contributed by atoms with Crippen molar-refractivity contribution in [1.82, 2.24) is 14.8 Å². The summed E-state index contributed by atoms with van der Waals surface area (Å²) >= 11 is 1.37. The first-order chi connectivity index (χ1) is 13.1. The van der Waals surface area contributed by atoms with Crippen molar-refractivity contribution in [3.05, 3.63) is 48.5 Å². The lowest BCUT2D eigenvalue weighted by atomic mass is 10.2. The normalized spacial score (nSPS) is 10.6. The number of Topliss-reactive ketones (excluding diaryl/α,β-unsaturated/α-hetero) is 1. The Bertz CT molecular complexity index is 905. The van der Waals surface area contributed by atoms with E-state index in [-0.39, 0.29) is 5.78 Å². The van der Waals surface area contributed by atoms with Crippen LogP contribution in [0.3, 0.4) is 0 Å². The van der Waals surface area contributed by atoms with E-state index in [1.54, 1.807) is 14.0 Å². The number of ketones is 1. The molecule has 1 aromatic heterocycles. The second-order valence-corrected chi connectivity index (χ2v) is 6.73. The first kappa shape index (κ1) is 19.0. The molecule has 0 spiro atoms. The van der Waals surface area contributed by atoms with Gasteiger partial charge < -0.3 is 9.47 Å². The average Bonchev–Trinajstić information content (AvgIpc) is 3.11. The number of carbonyl (C=O) groups excluding carboxylic acids is 1. The molecule has 0 saturated heterocycles. The number of methoxy groups -OCH3 is 1. The van der Waals surface area contributed by atoms with E-state index in [1.165, 1.54) is 11.8 Å². The number of hydrogen-bond donors (Lipinski definition) is 0. The third kappa shape index (κ3) is 4.49. The summed E-state index contributed by atoms with van der Waals surface area (Å²) in [7, 11) is 1.63. The van der Waals surface area contributed by atoms with Crippen LogP contribution in [-0.4, -0.2) is 40.0 Å². The molecule has 0 radical (unpaired) electrons. The van der Waals surface area contributed by atoms with E-state index in [4.69, 9.17) is 9.47 Å². The number of hydrogen-bond acceptors (Lipinski definition) is 6. The molecular weight excluding hydrogens is 362 g/mol. The number of carbonyl (C=O) groups is 1. The molecule has 2 aromatic carbocycles. The molecule has 0 amide bonds. The lowest BCUT2D eigenvalue weighted by Crippen LogP contribution is -2.02. The molecule has 0 N–H and O–H groups in total. The van der Waals surface area contributed by atoms with Crippen LogP contribution in [0.1, 0.15) is 13.8 Å². The van der Waals surface area contributed by atoms with Gasteiger partial charge in [0, 0.05) is 11.3 Å². The highest BCUT2D eigenvalue weighted by Gasteiger charge is 2.17. The van der Waals surface area contributed by atoms with Crippen molar-refractivity contribution in [3.8, 4) is 28.6 Å². The van der Waals surface area contributed by atoms with Crippen LogP contribution in [0, 0.1) is 0 Å². The lowest BCUT2D eigenvalue weighted by molar-refractivity contribution is -0.114. The zero-order valence-electron chi connectivity index (χ0n) is 15.5. The molecule has 7 heteroatoms. The van der Waals surface area contributed by atoms with Crippen LogP contribution < -0.4 is 9.47 Å². The van der Waals surface area contributed by atoms with Crippen LogP contribution in [0.2, 0.25) is 0 Å². The fourth-order valence-electron chi connectivity index (χ4n) is 2.55. The first-order valence-electron chi connectivity index (χ1n) is 8.57. The molecule has 0 aliphatic carbocycles. The Morgan fingerprint density at radius 2 is 1.70 bits per heavy atom. The van der Waals surface area contributed by atoms with E-state index in [9.17, 15) is 4.79 Å². The zero-order valence-corrected chi connectivity index (χ0v) is 16.3. The van der Waals surface area contributed by atoms with Gasteiger partial charge in [-0.05, 0) is 62.4 Å². The Morgan fingerprint density at radius 1 is 1.04 bits per heavy atom. The monoisotopic (exact) mass is 383 g/mol. The van der Waals surface area contributed by atoms with Gasteiger partial charge in [-0.3, -0.25) is 9.36 Å². The Kier molecular flexibility index (Phi) is 6.13. The van der Waals surface area contributed by atoms with Gasteiger partial charge in [-0.2, -0.15) is 0 Å². The Hall–Kier alpha value is -2.80. The average molecular weight is 383 g/mol. The van der Waals surface area contributed by atoms with Crippen molar-refractivity contribution in [1.29, 1.82) is 0 Å². The van der Waals surface area contributed by atoms with Gasteiger partial charge in [0.25, 0.3) is 0 Å². The van der Waals surface area contributed by atoms with Crippen molar-refractivity contribution in [2.24, 2.45) is 0 Å². The van der Waals surface area contributed by atoms with Gasteiger partial charge in [0.1, 0.15) is 17.3 Å². The van der Waals surface area contributed by atoms with Crippen molar-refractivity contribution in [3.63, 3.8) is 0 Å². The minimum absolute atomic E-state index is 0.0900. The van der Waals surface area contributed by atoms with Gasteiger partial charge in [0.15, 0.2) is 11.0 Å². The summed E-state index contributed by atoms with van der Waals surface area (Å²) in [6, 6.07) is 15.4. The molecule has 0 atom stereocenters. The van der Waals surface area contributed by atoms with E-state index >= 15 is 0 Å². The third-order valence-corrected chi connectivity index (χ3v) is 4.87. The van der Waals surface area contributed by atoms with Crippen LogP contribution >= 0.6 is 11.8 Å². The van der Waals surface area contributed by atoms with Crippen LogP contribution in [0.25, 0.3) is 17.1 Å². The molecular formula is C20H21N3O3S. The van der Waals surface area contributed by atoms with E-state index < -0.39 is 0 Å². The maximum atomic E-state index is 11.4. The summed E-state index contributed by atoms with van der Waals surface area (Å²) in [6.45, 7) is 4.13. The second-order valence-electron chi connectivity index (χ2n) is 5.79. The van der Waals surface area contributed by atoms with Crippen molar-refractivity contribution >= 4 is 17.5 Å². The highest BCUT2D eigenvalue weighted by molar-refractivity contribution is 7.99. The van der Waals surface area contributed by atoms with Gasteiger partial charge in [-0.15, -0.1) is 10.2 Å². The standard InChI is InChI=1S/C20H21N3O3S/c1-4-26-18-11-7-16(8-12-18)23-19(15-5-9-17(25-3)10-6-15)21-22-20(23)27-13-14(2)24/h5-12H,4,13H2,1-3H3. The molecule has 0 saturated carbocycles. The Balaban J connectivity index is 2.03. The van der Waals surface area contributed by atoms with Gasteiger partial charge in [-0.25, -0.2) is 0 Å². The number of thioether (sulfide) groups is 1. The largest absolute Gasteiger partial charge is 0.497 e. The zero-order chi connectivity index (χ0) is 19.2. The Labute approximate surface area is 162 Å².